The molecule has 0 amide bonds. The Morgan fingerprint density at radius 2 is 1.83 bits per heavy atom. The lowest BCUT2D eigenvalue weighted by molar-refractivity contribution is -0.0184. The third kappa shape index (κ3) is 3.14. The molecule has 1 saturated carbocycles. The summed E-state index contributed by atoms with van der Waals surface area (Å²) in [5.41, 5.74) is 1.18. The minimum atomic E-state index is -3.42. The number of ether oxygens (including phenoxy) is 1. The standard InChI is InChI=1S/C19H29NO3S/c1-15(2)16-7-9-17(10-8-16)24(21,22)20-13-5-12-19(14-20)11-4-6-18(19)23-3/h7-10,15,18H,4-6,11-14H2,1-3H3/t18-,19+/m1/s1. The van der Waals surface area contributed by atoms with Gasteiger partial charge >= 0.3 is 0 Å². The minimum Gasteiger partial charge on any atom is -0.381 e. The molecule has 134 valence electrons. The second-order valence-electron chi connectivity index (χ2n) is 7.64. The molecule has 0 unspecified atom stereocenters. The Morgan fingerprint density at radius 3 is 2.46 bits per heavy atom. The van der Waals surface area contributed by atoms with Crippen LogP contribution in [0.25, 0.3) is 0 Å². The Labute approximate surface area is 146 Å². The van der Waals surface area contributed by atoms with Crippen molar-refractivity contribution in [3.05, 3.63) is 29.8 Å². The fourth-order valence-corrected chi connectivity index (χ4v) is 6.01. The molecule has 0 radical (unpaired) electrons. The number of nitrogens with zero attached hydrogens (tertiary/aromatic N) is 1. The Morgan fingerprint density at radius 1 is 1.17 bits per heavy atom. The maximum absolute atomic E-state index is 13.1. The molecule has 0 N–H and O–H groups in total. The summed E-state index contributed by atoms with van der Waals surface area (Å²) in [5.74, 6) is 0.404. The molecule has 1 aliphatic carbocycles. The topological polar surface area (TPSA) is 46.6 Å². The Balaban J connectivity index is 1.84. The number of methoxy groups -OCH3 is 1. The molecule has 0 bridgehead atoms. The first kappa shape index (κ1) is 17.9. The van der Waals surface area contributed by atoms with E-state index in [-0.39, 0.29) is 11.5 Å². The quantitative estimate of drug-likeness (QED) is 0.829. The van der Waals surface area contributed by atoms with E-state index < -0.39 is 10.0 Å². The summed E-state index contributed by atoms with van der Waals surface area (Å²) < 4.78 is 33.6. The van der Waals surface area contributed by atoms with Crippen LogP contribution in [0.15, 0.2) is 29.2 Å². The average molecular weight is 352 g/mol. The highest BCUT2D eigenvalue weighted by atomic mass is 32.2. The summed E-state index contributed by atoms with van der Waals surface area (Å²) in [7, 11) is -1.66. The van der Waals surface area contributed by atoms with E-state index in [4.69, 9.17) is 4.74 Å². The van der Waals surface area contributed by atoms with Gasteiger partial charge in [-0.15, -0.1) is 0 Å². The van der Waals surface area contributed by atoms with Gasteiger partial charge in [0, 0.05) is 25.6 Å². The number of piperidine rings is 1. The van der Waals surface area contributed by atoms with E-state index in [1.807, 2.05) is 12.1 Å². The van der Waals surface area contributed by atoms with Gasteiger partial charge in [0.15, 0.2) is 0 Å². The summed E-state index contributed by atoms with van der Waals surface area (Å²) in [4.78, 5) is 0.413. The van der Waals surface area contributed by atoms with Gasteiger partial charge in [0.1, 0.15) is 0 Å². The summed E-state index contributed by atoms with van der Waals surface area (Å²) in [6.07, 6.45) is 5.44. The van der Waals surface area contributed by atoms with Crippen molar-refractivity contribution in [3.63, 3.8) is 0 Å². The van der Waals surface area contributed by atoms with Gasteiger partial charge in [-0.05, 0) is 49.3 Å². The van der Waals surface area contributed by atoms with Crippen molar-refractivity contribution in [3.8, 4) is 0 Å². The van der Waals surface area contributed by atoms with Crippen molar-refractivity contribution < 1.29 is 13.2 Å². The van der Waals surface area contributed by atoms with Crippen molar-refractivity contribution in [2.45, 2.75) is 62.9 Å². The summed E-state index contributed by atoms with van der Waals surface area (Å²) in [6, 6.07) is 7.39. The van der Waals surface area contributed by atoms with Crippen molar-refractivity contribution in [1.29, 1.82) is 0 Å². The van der Waals surface area contributed by atoms with E-state index in [1.54, 1.807) is 23.5 Å². The van der Waals surface area contributed by atoms with Crippen molar-refractivity contribution in [1.82, 2.24) is 4.31 Å². The molecule has 3 rings (SSSR count). The first-order valence-corrected chi connectivity index (χ1v) is 10.5. The van der Waals surface area contributed by atoms with E-state index in [9.17, 15) is 8.42 Å². The van der Waals surface area contributed by atoms with Gasteiger partial charge in [0.25, 0.3) is 0 Å². The molecule has 2 fully saturated rings. The van der Waals surface area contributed by atoms with Gasteiger partial charge in [-0.3, -0.25) is 0 Å². The fraction of sp³-hybridized carbons (Fsp3) is 0.684. The summed E-state index contributed by atoms with van der Waals surface area (Å²) >= 11 is 0. The van der Waals surface area contributed by atoms with Crippen molar-refractivity contribution in [2.75, 3.05) is 20.2 Å². The molecule has 1 saturated heterocycles. The Bertz CT molecular complexity index is 668. The van der Waals surface area contributed by atoms with Crippen LogP contribution in [-0.4, -0.2) is 39.0 Å². The van der Waals surface area contributed by atoms with E-state index in [0.717, 1.165) is 32.1 Å². The highest BCUT2D eigenvalue weighted by Gasteiger charge is 2.48. The Kier molecular flexibility index (Phi) is 5.05. The van der Waals surface area contributed by atoms with Crippen molar-refractivity contribution >= 4 is 10.0 Å². The second-order valence-corrected chi connectivity index (χ2v) is 9.58. The van der Waals surface area contributed by atoms with Gasteiger partial charge < -0.3 is 4.74 Å². The molecule has 1 aliphatic heterocycles. The number of rotatable bonds is 4. The number of hydrogen-bond donors (Lipinski definition) is 0. The highest BCUT2D eigenvalue weighted by Crippen LogP contribution is 2.47. The monoisotopic (exact) mass is 351 g/mol. The normalized spacial score (nSPS) is 28.8. The molecule has 4 nitrogen and oxygen atoms in total. The number of benzene rings is 1. The van der Waals surface area contributed by atoms with Crippen molar-refractivity contribution in [2.24, 2.45) is 5.41 Å². The van der Waals surface area contributed by atoms with Gasteiger partial charge in [-0.1, -0.05) is 32.4 Å². The van der Waals surface area contributed by atoms with E-state index >= 15 is 0 Å². The SMILES string of the molecule is CO[C@@H]1CCC[C@@]12CCCN(S(=O)(=O)c1ccc(C(C)C)cc1)C2. The van der Waals surface area contributed by atoms with Gasteiger partial charge in [0.2, 0.25) is 10.0 Å². The second kappa shape index (κ2) is 6.77. The number of hydrogen-bond acceptors (Lipinski definition) is 3. The largest absolute Gasteiger partial charge is 0.381 e. The van der Waals surface area contributed by atoms with Gasteiger partial charge in [-0.2, -0.15) is 4.31 Å². The van der Waals surface area contributed by atoms with Crippen LogP contribution >= 0.6 is 0 Å². The lowest BCUT2D eigenvalue weighted by Crippen LogP contribution is -2.49. The molecular formula is C19H29NO3S. The number of sulfonamides is 1. The smallest absolute Gasteiger partial charge is 0.243 e. The summed E-state index contributed by atoms with van der Waals surface area (Å²) in [5, 5.41) is 0. The first-order valence-electron chi connectivity index (χ1n) is 9.02. The van der Waals surface area contributed by atoms with Crippen LogP contribution in [0.3, 0.4) is 0 Å². The first-order chi connectivity index (χ1) is 11.4. The van der Waals surface area contributed by atoms with Crippen LogP contribution in [0.4, 0.5) is 0 Å². The minimum absolute atomic E-state index is 0.0118. The van der Waals surface area contributed by atoms with Gasteiger partial charge in [0.05, 0.1) is 11.0 Å². The molecule has 1 spiro atoms. The Hall–Kier alpha value is -0.910. The van der Waals surface area contributed by atoms with E-state index in [1.165, 1.54) is 5.56 Å². The molecule has 2 aliphatic rings. The lowest BCUT2D eigenvalue weighted by atomic mass is 9.77. The van der Waals surface area contributed by atoms with Crippen LogP contribution in [0.1, 0.15) is 57.4 Å². The molecule has 1 aromatic carbocycles. The molecule has 1 heterocycles. The maximum Gasteiger partial charge on any atom is 0.243 e. The zero-order valence-electron chi connectivity index (χ0n) is 15.0. The zero-order valence-corrected chi connectivity index (χ0v) is 15.8. The third-order valence-electron chi connectivity index (χ3n) is 5.87. The molecular weight excluding hydrogens is 322 g/mol. The van der Waals surface area contributed by atoms with Crippen LogP contribution in [0.5, 0.6) is 0 Å². The predicted octanol–water partition coefficient (Wildman–Crippen LogP) is 3.78. The lowest BCUT2D eigenvalue weighted by Gasteiger charge is -2.43. The third-order valence-corrected chi connectivity index (χ3v) is 7.73. The van der Waals surface area contributed by atoms with Gasteiger partial charge in [-0.25, -0.2) is 8.42 Å². The van der Waals surface area contributed by atoms with Crippen LogP contribution in [0, 0.1) is 5.41 Å². The molecule has 2 atom stereocenters. The van der Waals surface area contributed by atoms with Crippen LogP contribution in [-0.2, 0) is 14.8 Å². The van der Waals surface area contributed by atoms with E-state index in [0.29, 0.717) is 23.9 Å². The van der Waals surface area contributed by atoms with Crippen LogP contribution in [0.2, 0.25) is 0 Å². The average Bonchev–Trinajstić information content (AvgIpc) is 2.96. The molecule has 24 heavy (non-hydrogen) atoms. The summed E-state index contributed by atoms with van der Waals surface area (Å²) in [6.45, 7) is 5.44. The molecule has 5 heteroatoms. The molecule has 1 aromatic rings. The van der Waals surface area contributed by atoms with Crippen LogP contribution < -0.4 is 0 Å². The fourth-order valence-electron chi connectivity index (χ4n) is 4.44. The zero-order chi connectivity index (χ0) is 17.4. The van der Waals surface area contributed by atoms with E-state index in [2.05, 4.69) is 13.8 Å². The highest BCUT2D eigenvalue weighted by molar-refractivity contribution is 7.89. The molecule has 0 aromatic heterocycles. The maximum atomic E-state index is 13.1. The predicted molar refractivity (Wildman–Crippen MR) is 95.6 cm³/mol.